The summed E-state index contributed by atoms with van der Waals surface area (Å²) < 4.78 is 14.2. The second kappa shape index (κ2) is 11.5. The van der Waals surface area contributed by atoms with E-state index < -0.39 is 0 Å². The van der Waals surface area contributed by atoms with Crippen LogP contribution in [0.3, 0.4) is 0 Å². The fraction of sp³-hybridized carbons (Fsp3) is 0.652. The summed E-state index contributed by atoms with van der Waals surface area (Å²) in [6, 6.07) is 7.57. The Morgan fingerprint density at radius 3 is 2.63 bits per heavy atom. The van der Waals surface area contributed by atoms with E-state index in [0.29, 0.717) is 31.0 Å². The summed E-state index contributed by atoms with van der Waals surface area (Å²) in [4.78, 5) is 16.5. The van der Waals surface area contributed by atoms with E-state index in [4.69, 9.17) is 16.9 Å². The Bertz CT molecular complexity index is 737. The average molecular weight is 435 g/mol. The van der Waals surface area contributed by atoms with Gasteiger partial charge in [0.2, 0.25) is 5.91 Å². The molecule has 0 spiro atoms. The standard InChI is InChI=1S/C23H32ClFN4O/c24-20-4-3-5-21(23(20)25)29-16-14-28(15-17-29)13-11-18-7-9-19(10-8-18)27-22(30)6-1-2-12-26/h3-5,18-19H,1-2,6-11,13-17H2,(H,27,30). The Balaban J connectivity index is 1.32. The van der Waals surface area contributed by atoms with Gasteiger partial charge in [0.1, 0.15) is 0 Å². The largest absolute Gasteiger partial charge is 0.367 e. The lowest BCUT2D eigenvalue weighted by Crippen LogP contribution is -2.47. The van der Waals surface area contributed by atoms with Gasteiger partial charge in [0.15, 0.2) is 5.82 Å². The first-order chi connectivity index (χ1) is 14.6. The minimum atomic E-state index is -0.318. The van der Waals surface area contributed by atoms with E-state index >= 15 is 0 Å². The summed E-state index contributed by atoms with van der Waals surface area (Å²) in [5, 5.41) is 11.9. The van der Waals surface area contributed by atoms with Crippen molar-refractivity contribution in [3.8, 4) is 6.07 Å². The number of halogens is 2. The molecule has 1 saturated heterocycles. The SMILES string of the molecule is N#CCCCC(=O)NC1CCC(CCN2CCN(c3cccc(Cl)c3F)CC2)CC1. The maximum atomic E-state index is 14.2. The van der Waals surface area contributed by atoms with Crippen LogP contribution in [-0.4, -0.2) is 49.6 Å². The molecule has 1 aliphatic heterocycles. The summed E-state index contributed by atoms with van der Waals surface area (Å²) in [5.41, 5.74) is 0.607. The number of piperazine rings is 1. The Labute approximate surface area is 184 Å². The summed E-state index contributed by atoms with van der Waals surface area (Å²) >= 11 is 5.92. The van der Waals surface area contributed by atoms with Crippen molar-refractivity contribution in [2.45, 2.75) is 57.4 Å². The first-order valence-electron chi connectivity index (χ1n) is 11.1. The van der Waals surface area contributed by atoms with E-state index in [1.165, 1.54) is 6.42 Å². The molecule has 1 amide bonds. The number of carbonyl (C=O) groups excluding carboxylic acids is 1. The van der Waals surface area contributed by atoms with Crippen LogP contribution in [0.15, 0.2) is 18.2 Å². The first kappa shape index (κ1) is 22.8. The topological polar surface area (TPSA) is 59.4 Å². The number of rotatable bonds is 8. The summed E-state index contributed by atoms with van der Waals surface area (Å²) in [7, 11) is 0. The molecular weight excluding hydrogens is 403 g/mol. The molecule has 3 rings (SSSR count). The highest BCUT2D eigenvalue weighted by atomic mass is 35.5. The molecule has 1 aromatic carbocycles. The maximum absolute atomic E-state index is 14.2. The van der Waals surface area contributed by atoms with Gasteiger partial charge in [0.25, 0.3) is 0 Å². The van der Waals surface area contributed by atoms with Crippen molar-refractivity contribution in [3.63, 3.8) is 0 Å². The fourth-order valence-electron chi connectivity index (χ4n) is 4.54. The average Bonchev–Trinajstić information content (AvgIpc) is 2.76. The number of nitrogens with one attached hydrogen (secondary N) is 1. The molecule has 1 heterocycles. The second-order valence-corrected chi connectivity index (χ2v) is 8.89. The first-order valence-corrected chi connectivity index (χ1v) is 11.5. The number of hydrogen-bond donors (Lipinski definition) is 1. The molecule has 2 fully saturated rings. The number of nitriles is 1. The predicted octanol–water partition coefficient (Wildman–Crippen LogP) is 4.36. The van der Waals surface area contributed by atoms with Crippen LogP contribution < -0.4 is 10.2 Å². The van der Waals surface area contributed by atoms with Gasteiger partial charge in [-0.15, -0.1) is 0 Å². The smallest absolute Gasteiger partial charge is 0.220 e. The molecule has 2 aliphatic rings. The summed E-state index contributed by atoms with van der Waals surface area (Å²) in [6.45, 7) is 4.62. The highest BCUT2D eigenvalue weighted by Gasteiger charge is 2.24. The van der Waals surface area contributed by atoms with Crippen molar-refractivity contribution < 1.29 is 9.18 Å². The molecule has 30 heavy (non-hydrogen) atoms. The van der Waals surface area contributed by atoms with Gasteiger partial charge >= 0.3 is 0 Å². The predicted molar refractivity (Wildman–Crippen MR) is 118 cm³/mol. The van der Waals surface area contributed by atoms with Crippen LogP contribution in [0, 0.1) is 23.1 Å². The number of benzene rings is 1. The van der Waals surface area contributed by atoms with Crippen molar-refractivity contribution in [1.29, 1.82) is 5.26 Å². The molecular formula is C23H32ClFN4O. The molecule has 5 nitrogen and oxygen atoms in total. The third-order valence-electron chi connectivity index (χ3n) is 6.40. The number of hydrogen-bond acceptors (Lipinski definition) is 4. The monoisotopic (exact) mass is 434 g/mol. The van der Waals surface area contributed by atoms with Crippen molar-refractivity contribution in [1.82, 2.24) is 10.2 Å². The number of amides is 1. The van der Waals surface area contributed by atoms with Gasteiger partial charge in [-0.05, 0) is 63.1 Å². The van der Waals surface area contributed by atoms with Gasteiger partial charge in [-0.1, -0.05) is 17.7 Å². The molecule has 1 aliphatic carbocycles. The third kappa shape index (κ3) is 6.58. The van der Waals surface area contributed by atoms with Crippen LogP contribution in [0.2, 0.25) is 5.02 Å². The van der Waals surface area contributed by atoms with Crippen LogP contribution in [0.1, 0.15) is 51.4 Å². The van der Waals surface area contributed by atoms with Gasteiger partial charge in [-0.3, -0.25) is 9.69 Å². The van der Waals surface area contributed by atoms with Gasteiger partial charge < -0.3 is 10.2 Å². The Hall–Kier alpha value is -1.84. The Morgan fingerprint density at radius 2 is 1.93 bits per heavy atom. The molecule has 0 bridgehead atoms. The molecule has 0 radical (unpaired) electrons. The van der Waals surface area contributed by atoms with Crippen LogP contribution in [0.5, 0.6) is 0 Å². The Morgan fingerprint density at radius 1 is 1.20 bits per heavy atom. The van der Waals surface area contributed by atoms with E-state index in [-0.39, 0.29) is 16.7 Å². The zero-order valence-corrected chi connectivity index (χ0v) is 18.3. The zero-order valence-electron chi connectivity index (χ0n) is 17.6. The zero-order chi connectivity index (χ0) is 21.3. The van der Waals surface area contributed by atoms with E-state index in [2.05, 4.69) is 21.2 Å². The van der Waals surface area contributed by atoms with Gasteiger partial charge in [0.05, 0.1) is 16.8 Å². The van der Waals surface area contributed by atoms with Crippen LogP contribution in [0.25, 0.3) is 0 Å². The number of nitrogens with zero attached hydrogens (tertiary/aromatic N) is 3. The molecule has 0 atom stereocenters. The van der Waals surface area contributed by atoms with Gasteiger partial charge in [0, 0.05) is 45.1 Å². The van der Waals surface area contributed by atoms with E-state index in [9.17, 15) is 9.18 Å². The van der Waals surface area contributed by atoms with Crippen LogP contribution in [0.4, 0.5) is 10.1 Å². The van der Waals surface area contributed by atoms with E-state index in [0.717, 1.165) is 64.3 Å². The number of anilines is 1. The fourth-order valence-corrected chi connectivity index (χ4v) is 4.71. The minimum Gasteiger partial charge on any atom is -0.367 e. The highest BCUT2D eigenvalue weighted by molar-refractivity contribution is 6.31. The van der Waals surface area contributed by atoms with Crippen molar-refractivity contribution in [2.24, 2.45) is 5.92 Å². The van der Waals surface area contributed by atoms with Crippen molar-refractivity contribution >= 4 is 23.2 Å². The van der Waals surface area contributed by atoms with E-state index in [1.54, 1.807) is 18.2 Å². The highest BCUT2D eigenvalue weighted by Crippen LogP contribution is 2.29. The molecule has 1 saturated carbocycles. The third-order valence-corrected chi connectivity index (χ3v) is 6.69. The van der Waals surface area contributed by atoms with Crippen LogP contribution >= 0.6 is 11.6 Å². The number of unbranched alkanes of at least 4 members (excludes halogenated alkanes) is 1. The van der Waals surface area contributed by atoms with Gasteiger partial charge in [-0.25, -0.2) is 4.39 Å². The van der Waals surface area contributed by atoms with Crippen molar-refractivity contribution in [3.05, 3.63) is 29.0 Å². The van der Waals surface area contributed by atoms with Crippen LogP contribution in [-0.2, 0) is 4.79 Å². The summed E-state index contributed by atoms with van der Waals surface area (Å²) in [6.07, 6.45) is 7.17. The normalized spacial score (nSPS) is 22.5. The van der Waals surface area contributed by atoms with Crippen molar-refractivity contribution in [2.75, 3.05) is 37.6 Å². The molecule has 7 heteroatoms. The summed E-state index contributed by atoms with van der Waals surface area (Å²) in [5.74, 6) is 0.490. The lowest BCUT2D eigenvalue weighted by molar-refractivity contribution is -0.122. The quantitative estimate of drug-likeness (QED) is 0.617. The number of carbonyl (C=O) groups is 1. The molecule has 164 valence electrons. The molecule has 1 aromatic rings. The van der Waals surface area contributed by atoms with E-state index in [1.807, 2.05) is 0 Å². The lowest BCUT2D eigenvalue weighted by atomic mass is 9.84. The maximum Gasteiger partial charge on any atom is 0.220 e. The Kier molecular flexibility index (Phi) is 8.77. The lowest BCUT2D eigenvalue weighted by Gasteiger charge is -2.37. The molecule has 0 unspecified atom stereocenters. The molecule has 1 N–H and O–H groups in total. The van der Waals surface area contributed by atoms with Gasteiger partial charge in [-0.2, -0.15) is 5.26 Å². The molecule has 0 aromatic heterocycles. The minimum absolute atomic E-state index is 0.0858. The second-order valence-electron chi connectivity index (χ2n) is 8.49.